The minimum absolute atomic E-state index is 0.445. The fraction of sp³-hybridized carbons (Fsp3) is 0.250. The highest BCUT2D eigenvalue weighted by molar-refractivity contribution is 7.22. The van der Waals surface area contributed by atoms with Crippen LogP contribution in [0.3, 0.4) is 0 Å². The van der Waals surface area contributed by atoms with Crippen molar-refractivity contribution in [2.45, 2.75) is 13.0 Å². The summed E-state index contributed by atoms with van der Waals surface area (Å²) >= 11 is 3.26. The molecule has 1 aliphatic rings. The number of aromatic nitrogens is 1. The molecule has 2 N–H and O–H groups in total. The molecule has 0 fully saturated rings. The van der Waals surface area contributed by atoms with Gasteiger partial charge in [0, 0.05) is 17.0 Å². The van der Waals surface area contributed by atoms with Crippen LogP contribution < -0.4 is 10.6 Å². The van der Waals surface area contributed by atoms with Crippen molar-refractivity contribution in [3.63, 3.8) is 0 Å². The molecular formula is C16H15N3O2S2. The Morgan fingerprint density at radius 1 is 1.35 bits per heavy atom. The summed E-state index contributed by atoms with van der Waals surface area (Å²) in [6.07, 6.45) is 0.499. The van der Waals surface area contributed by atoms with Gasteiger partial charge in [0.05, 0.1) is 17.3 Å². The molecule has 7 heteroatoms. The number of nitrogens with zero attached hydrogens (tertiary/aromatic N) is 1. The van der Waals surface area contributed by atoms with Gasteiger partial charge in [-0.1, -0.05) is 12.1 Å². The number of anilines is 1. The highest BCUT2D eigenvalue weighted by atomic mass is 32.1. The third-order valence-electron chi connectivity index (χ3n) is 3.84. The number of rotatable bonds is 2. The van der Waals surface area contributed by atoms with Gasteiger partial charge in [-0.2, -0.15) is 0 Å². The fourth-order valence-electron chi connectivity index (χ4n) is 2.77. The number of para-hydroxylation sites is 1. The first kappa shape index (κ1) is 14.6. The van der Waals surface area contributed by atoms with E-state index in [2.05, 4.69) is 16.7 Å². The SMILES string of the molecule is COC(=O)Nc1sc2c(c1-c1nc3ccccc3s1)CCNC2. The van der Waals surface area contributed by atoms with Crippen LogP contribution in [0.15, 0.2) is 24.3 Å². The van der Waals surface area contributed by atoms with Crippen molar-refractivity contribution in [1.29, 1.82) is 0 Å². The van der Waals surface area contributed by atoms with Gasteiger partial charge in [-0.3, -0.25) is 5.32 Å². The van der Waals surface area contributed by atoms with E-state index in [4.69, 9.17) is 9.72 Å². The van der Waals surface area contributed by atoms with Crippen molar-refractivity contribution in [1.82, 2.24) is 10.3 Å². The summed E-state index contributed by atoms with van der Waals surface area (Å²) in [6, 6.07) is 8.10. The molecule has 0 saturated heterocycles. The van der Waals surface area contributed by atoms with Gasteiger partial charge < -0.3 is 10.1 Å². The summed E-state index contributed by atoms with van der Waals surface area (Å²) in [6.45, 7) is 1.78. The number of nitrogens with one attached hydrogen (secondary N) is 2. The number of fused-ring (bicyclic) bond motifs is 2. The standard InChI is InChI=1S/C16H15N3O2S2/c1-21-16(20)19-15-13(9-6-7-17-8-12(9)23-15)14-18-10-4-2-3-5-11(10)22-14/h2-5,17H,6-8H2,1H3,(H,19,20). The van der Waals surface area contributed by atoms with Crippen LogP contribution in [0.5, 0.6) is 0 Å². The normalized spacial score (nSPS) is 13.8. The molecule has 5 nitrogen and oxygen atoms in total. The lowest BCUT2D eigenvalue weighted by Gasteiger charge is -2.13. The molecule has 0 unspecified atom stereocenters. The largest absolute Gasteiger partial charge is 0.453 e. The Kier molecular flexibility index (Phi) is 3.76. The topological polar surface area (TPSA) is 63.2 Å². The maximum absolute atomic E-state index is 11.7. The van der Waals surface area contributed by atoms with Crippen molar-refractivity contribution >= 4 is 44.0 Å². The Labute approximate surface area is 141 Å². The van der Waals surface area contributed by atoms with Gasteiger partial charge in [-0.05, 0) is 30.7 Å². The van der Waals surface area contributed by atoms with E-state index in [0.717, 1.165) is 45.3 Å². The average Bonchev–Trinajstić information content (AvgIpc) is 3.14. The van der Waals surface area contributed by atoms with Gasteiger partial charge in [0.2, 0.25) is 0 Å². The van der Waals surface area contributed by atoms with Crippen molar-refractivity contribution < 1.29 is 9.53 Å². The molecule has 0 atom stereocenters. The number of hydrogen-bond acceptors (Lipinski definition) is 6. The number of carbonyl (C=O) groups excluding carboxylic acids is 1. The molecule has 1 aliphatic heterocycles. The van der Waals surface area contributed by atoms with Gasteiger partial charge in [-0.25, -0.2) is 9.78 Å². The van der Waals surface area contributed by atoms with E-state index in [1.807, 2.05) is 18.2 Å². The van der Waals surface area contributed by atoms with Crippen LogP contribution in [0, 0.1) is 0 Å². The molecule has 1 amide bonds. The van der Waals surface area contributed by atoms with Crippen molar-refractivity contribution in [2.24, 2.45) is 0 Å². The first-order chi connectivity index (χ1) is 11.3. The first-order valence-electron chi connectivity index (χ1n) is 7.32. The Morgan fingerprint density at radius 3 is 3.04 bits per heavy atom. The second kappa shape index (κ2) is 5.92. The zero-order valence-corrected chi connectivity index (χ0v) is 14.1. The number of hydrogen-bond donors (Lipinski definition) is 2. The van der Waals surface area contributed by atoms with E-state index in [-0.39, 0.29) is 0 Å². The lowest BCUT2D eigenvalue weighted by Crippen LogP contribution is -2.22. The van der Waals surface area contributed by atoms with Crippen LogP contribution >= 0.6 is 22.7 Å². The summed E-state index contributed by atoms with van der Waals surface area (Å²) in [5.41, 5.74) is 3.34. The molecule has 4 rings (SSSR count). The number of thiophene rings is 1. The third-order valence-corrected chi connectivity index (χ3v) is 6.04. The number of carbonyl (C=O) groups is 1. The molecule has 0 spiro atoms. The second-order valence-corrected chi connectivity index (χ2v) is 7.37. The molecule has 3 heterocycles. The second-order valence-electron chi connectivity index (χ2n) is 5.24. The predicted octanol–water partition coefficient (Wildman–Crippen LogP) is 3.85. The lowest BCUT2D eigenvalue weighted by atomic mass is 10.0. The monoisotopic (exact) mass is 345 g/mol. The zero-order chi connectivity index (χ0) is 15.8. The fourth-order valence-corrected chi connectivity index (χ4v) is 5.09. The zero-order valence-electron chi connectivity index (χ0n) is 12.5. The van der Waals surface area contributed by atoms with E-state index in [0.29, 0.717) is 0 Å². The molecule has 1 aromatic carbocycles. The molecule has 0 saturated carbocycles. The Bertz CT molecular complexity index is 852. The van der Waals surface area contributed by atoms with Gasteiger partial charge in [0.1, 0.15) is 10.0 Å². The summed E-state index contributed by atoms with van der Waals surface area (Å²) in [5.74, 6) is 0. The quantitative estimate of drug-likeness (QED) is 0.740. The maximum Gasteiger partial charge on any atom is 0.411 e. The Balaban J connectivity index is 1.87. The highest BCUT2D eigenvalue weighted by Crippen LogP contribution is 2.44. The van der Waals surface area contributed by atoms with E-state index in [1.165, 1.54) is 17.6 Å². The van der Waals surface area contributed by atoms with Crippen LogP contribution in [0.2, 0.25) is 0 Å². The molecule has 118 valence electrons. The highest BCUT2D eigenvalue weighted by Gasteiger charge is 2.25. The number of thiazole rings is 1. The predicted molar refractivity (Wildman–Crippen MR) is 94.4 cm³/mol. The summed E-state index contributed by atoms with van der Waals surface area (Å²) in [5, 5.41) is 8.01. The first-order valence-corrected chi connectivity index (χ1v) is 8.95. The van der Waals surface area contributed by atoms with Crippen LogP contribution in [0.1, 0.15) is 10.4 Å². The number of ether oxygens (including phenoxy) is 1. The van der Waals surface area contributed by atoms with Gasteiger partial charge >= 0.3 is 6.09 Å². The molecule has 0 radical (unpaired) electrons. The summed E-state index contributed by atoms with van der Waals surface area (Å²) < 4.78 is 5.91. The molecule has 2 aromatic heterocycles. The van der Waals surface area contributed by atoms with Crippen LogP contribution in [0.25, 0.3) is 20.8 Å². The van der Waals surface area contributed by atoms with Gasteiger partial charge in [0.15, 0.2) is 0 Å². The summed E-state index contributed by atoms with van der Waals surface area (Å²) in [4.78, 5) is 17.7. The molecule has 23 heavy (non-hydrogen) atoms. The molecule has 0 aliphatic carbocycles. The summed E-state index contributed by atoms with van der Waals surface area (Å²) in [7, 11) is 1.38. The smallest absolute Gasteiger partial charge is 0.411 e. The minimum Gasteiger partial charge on any atom is -0.453 e. The van der Waals surface area contributed by atoms with Gasteiger partial charge in [0.25, 0.3) is 0 Å². The molecule has 0 bridgehead atoms. The Hall–Kier alpha value is -1.96. The van der Waals surface area contributed by atoms with E-state index < -0.39 is 6.09 Å². The van der Waals surface area contributed by atoms with Crippen LogP contribution in [-0.4, -0.2) is 24.7 Å². The van der Waals surface area contributed by atoms with Crippen molar-refractivity contribution in [3.05, 3.63) is 34.7 Å². The average molecular weight is 345 g/mol. The van der Waals surface area contributed by atoms with Crippen LogP contribution in [0.4, 0.5) is 9.80 Å². The van der Waals surface area contributed by atoms with Crippen molar-refractivity contribution in [3.8, 4) is 10.6 Å². The van der Waals surface area contributed by atoms with E-state index in [1.54, 1.807) is 22.7 Å². The third kappa shape index (κ3) is 2.60. The Morgan fingerprint density at radius 2 is 2.22 bits per heavy atom. The van der Waals surface area contributed by atoms with Crippen molar-refractivity contribution in [2.75, 3.05) is 19.0 Å². The number of amides is 1. The van der Waals surface area contributed by atoms with E-state index in [9.17, 15) is 4.79 Å². The molecular weight excluding hydrogens is 330 g/mol. The number of methoxy groups -OCH3 is 1. The van der Waals surface area contributed by atoms with E-state index >= 15 is 0 Å². The minimum atomic E-state index is -0.445. The lowest BCUT2D eigenvalue weighted by molar-refractivity contribution is 0.187. The molecule has 3 aromatic rings. The maximum atomic E-state index is 11.7. The number of benzene rings is 1. The van der Waals surface area contributed by atoms with Gasteiger partial charge in [-0.15, -0.1) is 22.7 Å². The van der Waals surface area contributed by atoms with Crippen LogP contribution in [-0.2, 0) is 17.7 Å².